The molecule has 1 atom stereocenters. The van der Waals surface area contributed by atoms with Crippen molar-refractivity contribution in [2.75, 3.05) is 0 Å². The molecule has 0 aliphatic heterocycles. The molecule has 6 heteroatoms. The lowest BCUT2D eigenvalue weighted by Crippen LogP contribution is -2.49. The molecule has 106 valence electrons. The molecule has 2 aromatic rings. The number of benzene rings is 1. The van der Waals surface area contributed by atoms with E-state index in [2.05, 4.69) is 55.9 Å². The van der Waals surface area contributed by atoms with Crippen molar-refractivity contribution in [1.29, 1.82) is 0 Å². The van der Waals surface area contributed by atoms with Crippen LogP contribution in [0.4, 0.5) is 0 Å². The summed E-state index contributed by atoms with van der Waals surface area (Å²) in [5.74, 6) is 5.89. The number of halogens is 1. The van der Waals surface area contributed by atoms with Gasteiger partial charge >= 0.3 is 0 Å². The van der Waals surface area contributed by atoms with E-state index in [4.69, 9.17) is 5.84 Å². The minimum absolute atomic E-state index is 0.00646. The number of aromatic nitrogens is 3. The molecule has 20 heavy (non-hydrogen) atoms. The quantitative estimate of drug-likeness (QED) is 0.663. The monoisotopic (exact) mass is 335 g/mol. The van der Waals surface area contributed by atoms with E-state index in [1.165, 1.54) is 12.0 Å². The molecule has 1 saturated carbocycles. The maximum Gasteiger partial charge on any atom is 0.153 e. The van der Waals surface area contributed by atoms with Crippen molar-refractivity contribution >= 4 is 15.9 Å². The summed E-state index contributed by atoms with van der Waals surface area (Å²) in [6, 6.07) is 10.6. The normalized spacial score (nSPS) is 18.6. The summed E-state index contributed by atoms with van der Waals surface area (Å²) in [6.07, 6.45) is 3.45. The van der Waals surface area contributed by atoms with Gasteiger partial charge in [-0.3, -0.25) is 11.3 Å². The fraction of sp³-hybridized carbons (Fsp3) is 0.429. The molecule has 1 aromatic heterocycles. The fourth-order valence-corrected chi connectivity index (χ4v) is 3.77. The van der Waals surface area contributed by atoms with E-state index < -0.39 is 0 Å². The molecular formula is C14H18BrN5. The number of nitrogens with two attached hydrogens (primary N) is 1. The van der Waals surface area contributed by atoms with Crippen LogP contribution < -0.4 is 11.3 Å². The van der Waals surface area contributed by atoms with E-state index in [1.54, 1.807) is 4.68 Å². The molecule has 3 N–H and O–H groups in total. The van der Waals surface area contributed by atoms with Gasteiger partial charge in [-0.05, 0) is 34.3 Å². The highest BCUT2D eigenvalue weighted by Gasteiger charge is 2.47. The van der Waals surface area contributed by atoms with E-state index in [-0.39, 0.29) is 11.5 Å². The summed E-state index contributed by atoms with van der Waals surface area (Å²) >= 11 is 3.49. The Bertz CT molecular complexity index is 571. The van der Waals surface area contributed by atoms with Crippen LogP contribution in [0.2, 0.25) is 0 Å². The van der Waals surface area contributed by atoms with Gasteiger partial charge in [0.2, 0.25) is 0 Å². The largest absolute Gasteiger partial charge is 0.271 e. The van der Waals surface area contributed by atoms with Crippen LogP contribution in [-0.4, -0.2) is 15.0 Å². The standard InChI is InChI=1S/C14H18BrN5/c1-20-11(13(15)18-19-20)12(17-16)14(8-5-9-14)10-6-3-2-4-7-10/h2-4,6-7,12,17H,5,8-9,16H2,1H3. The van der Waals surface area contributed by atoms with Gasteiger partial charge in [-0.15, -0.1) is 5.10 Å². The lowest BCUT2D eigenvalue weighted by molar-refractivity contribution is 0.163. The second-order valence-corrected chi connectivity index (χ2v) is 6.12. The Morgan fingerprint density at radius 3 is 2.50 bits per heavy atom. The van der Waals surface area contributed by atoms with E-state index in [9.17, 15) is 0 Å². The third-order valence-electron chi connectivity index (χ3n) is 4.41. The number of hydrazine groups is 1. The number of aryl methyl sites for hydroxylation is 1. The van der Waals surface area contributed by atoms with Crippen molar-refractivity contribution in [3.8, 4) is 0 Å². The Kier molecular flexibility index (Phi) is 3.62. The number of hydrogen-bond acceptors (Lipinski definition) is 4. The third-order valence-corrected chi connectivity index (χ3v) is 4.98. The van der Waals surface area contributed by atoms with Crippen LogP contribution in [0.3, 0.4) is 0 Å². The topological polar surface area (TPSA) is 68.8 Å². The molecule has 1 aliphatic carbocycles. The zero-order chi connectivity index (χ0) is 14.2. The van der Waals surface area contributed by atoms with Crippen LogP contribution in [0.1, 0.15) is 36.6 Å². The maximum absolute atomic E-state index is 5.89. The molecule has 0 bridgehead atoms. The molecule has 0 amide bonds. The minimum atomic E-state index is -0.00646. The van der Waals surface area contributed by atoms with Crippen molar-refractivity contribution < 1.29 is 0 Å². The summed E-state index contributed by atoms with van der Waals surface area (Å²) in [6.45, 7) is 0. The first-order chi connectivity index (χ1) is 9.69. The number of hydrogen-bond donors (Lipinski definition) is 2. The molecule has 0 spiro atoms. The highest BCUT2D eigenvalue weighted by atomic mass is 79.9. The van der Waals surface area contributed by atoms with E-state index >= 15 is 0 Å². The summed E-state index contributed by atoms with van der Waals surface area (Å²) < 4.78 is 2.54. The molecule has 1 unspecified atom stereocenters. The van der Waals surface area contributed by atoms with E-state index in [0.717, 1.165) is 23.1 Å². The number of nitrogens with one attached hydrogen (secondary N) is 1. The van der Waals surface area contributed by atoms with Gasteiger partial charge in [0.25, 0.3) is 0 Å². The van der Waals surface area contributed by atoms with Crippen LogP contribution in [0.25, 0.3) is 0 Å². The number of rotatable bonds is 4. The lowest BCUT2D eigenvalue weighted by atomic mass is 9.59. The smallest absolute Gasteiger partial charge is 0.153 e. The van der Waals surface area contributed by atoms with Crippen LogP contribution >= 0.6 is 15.9 Å². The molecule has 0 saturated heterocycles. The summed E-state index contributed by atoms with van der Waals surface area (Å²) in [5.41, 5.74) is 5.34. The highest BCUT2D eigenvalue weighted by Crippen LogP contribution is 2.52. The van der Waals surface area contributed by atoms with Crippen molar-refractivity contribution in [1.82, 2.24) is 20.4 Å². The average molecular weight is 336 g/mol. The summed E-state index contributed by atoms with van der Waals surface area (Å²) in [5, 5.41) is 8.16. The average Bonchev–Trinajstić information content (AvgIpc) is 2.75. The van der Waals surface area contributed by atoms with Gasteiger partial charge in [0.05, 0.1) is 11.7 Å². The Morgan fingerprint density at radius 2 is 2.05 bits per heavy atom. The fourth-order valence-electron chi connectivity index (χ4n) is 3.22. The Hall–Kier alpha value is -1.24. The Morgan fingerprint density at radius 1 is 1.35 bits per heavy atom. The number of nitrogens with zero attached hydrogens (tertiary/aromatic N) is 3. The van der Waals surface area contributed by atoms with Crippen molar-refractivity contribution in [3.63, 3.8) is 0 Å². The third kappa shape index (κ3) is 1.99. The molecule has 1 fully saturated rings. The van der Waals surface area contributed by atoms with Crippen LogP contribution in [0.5, 0.6) is 0 Å². The molecule has 1 aliphatic rings. The van der Waals surface area contributed by atoms with Crippen LogP contribution in [0.15, 0.2) is 34.9 Å². The summed E-state index contributed by atoms with van der Waals surface area (Å²) in [7, 11) is 1.90. The molecular weight excluding hydrogens is 318 g/mol. The molecule has 0 radical (unpaired) electrons. The van der Waals surface area contributed by atoms with Crippen LogP contribution in [0, 0.1) is 0 Å². The Balaban J connectivity index is 2.08. The van der Waals surface area contributed by atoms with Gasteiger partial charge in [0.15, 0.2) is 4.60 Å². The minimum Gasteiger partial charge on any atom is -0.271 e. The second kappa shape index (κ2) is 5.27. The molecule has 5 nitrogen and oxygen atoms in total. The first-order valence-corrected chi connectivity index (χ1v) is 7.55. The zero-order valence-corrected chi connectivity index (χ0v) is 13.0. The lowest BCUT2D eigenvalue weighted by Gasteiger charge is -2.48. The van der Waals surface area contributed by atoms with Gasteiger partial charge in [-0.2, -0.15) is 0 Å². The Labute approximate surface area is 126 Å². The van der Waals surface area contributed by atoms with E-state index in [1.807, 2.05) is 13.1 Å². The van der Waals surface area contributed by atoms with Gasteiger partial charge in [0, 0.05) is 12.5 Å². The van der Waals surface area contributed by atoms with Gasteiger partial charge in [-0.25, -0.2) is 4.68 Å². The highest BCUT2D eigenvalue weighted by molar-refractivity contribution is 9.10. The molecule has 3 rings (SSSR count). The van der Waals surface area contributed by atoms with Crippen molar-refractivity contribution in [2.45, 2.75) is 30.7 Å². The molecule has 1 aromatic carbocycles. The first-order valence-electron chi connectivity index (χ1n) is 6.76. The van der Waals surface area contributed by atoms with Gasteiger partial charge in [-0.1, -0.05) is 42.0 Å². The van der Waals surface area contributed by atoms with Crippen molar-refractivity contribution in [3.05, 3.63) is 46.2 Å². The maximum atomic E-state index is 5.89. The second-order valence-electron chi connectivity index (χ2n) is 5.36. The van der Waals surface area contributed by atoms with Gasteiger partial charge < -0.3 is 0 Å². The molecule has 1 heterocycles. The van der Waals surface area contributed by atoms with E-state index in [0.29, 0.717) is 0 Å². The predicted octanol–water partition coefficient (Wildman–Crippen LogP) is 2.20. The van der Waals surface area contributed by atoms with Crippen molar-refractivity contribution in [2.24, 2.45) is 12.9 Å². The van der Waals surface area contributed by atoms with Gasteiger partial charge in [0.1, 0.15) is 0 Å². The SMILES string of the molecule is Cn1nnc(Br)c1C(NN)C1(c2ccccc2)CCC1. The zero-order valence-electron chi connectivity index (χ0n) is 11.4. The first kappa shape index (κ1) is 13.7. The van der Waals surface area contributed by atoms with Crippen LogP contribution in [-0.2, 0) is 12.5 Å². The summed E-state index contributed by atoms with van der Waals surface area (Å²) in [4.78, 5) is 0. The predicted molar refractivity (Wildman–Crippen MR) is 80.7 cm³/mol.